The van der Waals surface area contributed by atoms with Gasteiger partial charge < -0.3 is 19.9 Å². The maximum atomic E-state index is 12.2. The van der Waals surface area contributed by atoms with Gasteiger partial charge in [0.2, 0.25) is 10.0 Å². The maximum Gasteiger partial charge on any atom is 0.331 e. The number of amides is 1. The molecule has 0 bridgehead atoms. The summed E-state index contributed by atoms with van der Waals surface area (Å²) < 4.78 is 35.3. The molecule has 2 aromatic carbocycles. The molecule has 0 heterocycles. The van der Waals surface area contributed by atoms with Crippen molar-refractivity contribution < 1.29 is 32.6 Å². The number of phenolic OH excluding ortho intramolecular Hbond substituents is 1. The van der Waals surface area contributed by atoms with E-state index in [-0.39, 0.29) is 27.1 Å². The Morgan fingerprint density at radius 1 is 1.19 bits per heavy atom. The Bertz CT molecular complexity index is 1110. The minimum absolute atomic E-state index is 0.0417. The topological polar surface area (TPSA) is 122 Å². The van der Waals surface area contributed by atoms with Gasteiger partial charge in [0, 0.05) is 20.2 Å². The molecule has 1 amide bonds. The lowest BCUT2D eigenvalue weighted by atomic mass is 10.2. The summed E-state index contributed by atoms with van der Waals surface area (Å²) in [5.74, 6) is -1.28. The molecular weight excluding hydrogens is 448 g/mol. The summed E-state index contributed by atoms with van der Waals surface area (Å²) in [7, 11) is 0.438. The van der Waals surface area contributed by atoms with Crippen molar-refractivity contribution in [3.8, 4) is 11.5 Å². The van der Waals surface area contributed by atoms with Gasteiger partial charge in [0.1, 0.15) is 0 Å². The molecule has 0 fully saturated rings. The Morgan fingerprint density at radius 2 is 1.90 bits per heavy atom. The molecule has 2 N–H and O–H groups in total. The van der Waals surface area contributed by atoms with E-state index in [0.717, 1.165) is 10.4 Å². The lowest BCUT2D eigenvalue weighted by Gasteiger charge is -2.13. The SMILES string of the molecule is COc1cc(/C=C/C(=O)OCC(=O)Nc2cc(S(=O)(=O)N(C)C)ccc2Cl)ccc1O. The molecule has 0 radical (unpaired) electrons. The van der Waals surface area contributed by atoms with Crippen molar-refractivity contribution >= 4 is 45.3 Å². The normalized spacial score (nSPS) is 11.5. The van der Waals surface area contributed by atoms with Crippen LogP contribution >= 0.6 is 11.6 Å². The first-order valence-corrected chi connectivity index (χ1v) is 10.6. The van der Waals surface area contributed by atoms with Crippen molar-refractivity contribution in [2.75, 3.05) is 33.1 Å². The highest BCUT2D eigenvalue weighted by Gasteiger charge is 2.19. The number of nitrogens with one attached hydrogen (secondary N) is 1. The van der Waals surface area contributed by atoms with Crippen LogP contribution in [0, 0.1) is 0 Å². The van der Waals surface area contributed by atoms with Crippen molar-refractivity contribution in [1.29, 1.82) is 0 Å². The number of phenols is 1. The third-order valence-electron chi connectivity index (χ3n) is 3.95. The first-order chi connectivity index (χ1) is 14.5. The number of hydrogen-bond donors (Lipinski definition) is 2. The van der Waals surface area contributed by atoms with E-state index >= 15 is 0 Å². The highest BCUT2D eigenvalue weighted by molar-refractivity contribution is 7.89. The van der Waals surface area contributed by atoms with Crippen molar-refractivity contribution in [2.45, 2.75) is 4.90 Å². The molecule has 0 aliphatic heterocycles. The second kappa shape index (κ2) is 10.3. The van der Waals surface area contributed by atoms with Crippen LogP contribution in [0.5, 0.6) is 11.5 Å². The predicted molar refractivity (Wildman–Crippen MR) is 116 cm³/mol. The number of benzene rings is 2. The smallest absolute Gasteiger partial charge is 0.331 e. The third-order valence-corrected chi connectivity index (χ3v) is 6.09. The average molecular weight is 469 g/mol. The van der Waals surface area contributed by atoms with Crippen LogP contribution in [-0.4, -0.2) is 57.5 Å². The number of sulfonamides is 1. The summed E-state index contributed by atoms with van der Waals surface area (Å²) >= 11 is 6.02. The molecule has 11 heteroatoms. The van der Waals surface area contributed by atoms with E-state index in [1.165, 1.54) is 57.6 Å². The Morgan fingerprint density at radius 3 is 2.55 bits per heavy atom. The lowest BCUT2D eigenvalue weighted by molar-refractivity contribution is -0.142. The minimum atomic E-state index is -3.71. The monoisotopic (exact) mass is 468 g/mol. The highest BCUT2D eigenvalue weighted by Crippen LogP contribution is 2.27. The zero-order valence-corrected chi connectivity index (χ0v) is 18.5. The van der Waals surface area contributed by atoms with Gasteiger partial charge in [-0.15, -0.1) is 0 Å². The Hall–Kier alpha value is -3.08. The molecule has 166 valence electrons. The molecule has 0 atom stereocenters. The number of halogens is 1. The molecule has 0 aliphatic carbocycles. The number of anilines is 1. The molecule has 0 saturated carbocycles. The van der Waals surface area contributed by atoms with E-state index < -0.39 is 28.5 Å². The van der Waals surface area contributed by atoms with E-state index in [0.29, 0.717) is 5.56 Å². The number of methoxy groups -OCH3 is 1. The first kappa shape index (κ1) is 24.2. The van der Waals surface area contributed by atoms with Gasteiger partial charge in [-0.25, -0.2) is 17.5 Å². The Balaban J connectivity index is 1.98. The predicted octanol–water partition coefficient (Wildman–Crippen LogP) is 2.50. The van der Waals surface area contributed by atoms with Crippen molar-refractivity contribution in [3.63, 3.8) is 0 Å². The summed E-state index contributed by atoms with van der Waals surface area (Å²) in [4.78, 5) is 23.9. The van der Waals surface area contributed by atoms with Gasteiger partial charge in [0.05, 0.1) is 22.7 Å². The number of rotatable bonds is 8. The van der Waals surface area contributed by atoms with Crippen LogP contribution in [0.25, 0.3) is 6.08 Å². The van der Waals surface area contributed by atoms with Crippen LogP contribution < -0.4 is 10.1 Å². The van der Waals surface area contributed by atoms with E-state index in [9.17, 15) is 23.1 Å². The zero-order valence-electron chi connectivity index (χ0n) is 17.0. The largest absolute Gasteiger partial charge is 0.504 e. The number of carbonyl (C=O) groups excluding carboxylic acids is 2. The van der Waals surface area contributed by atoms with E-state index in [1.54, 1.807) is 6.07 Å². The van der Waals surface area contributed by atoms with Gasteiger partial charge >= 0.3 is 5.97 Å². The third kappa shape index (κ3) is 6.45. The van der Waals surface area contributed by atoms with E-state index in [4.69, 9.17) is 21.1 Å². The standard InChI is InChI=1S/C20H21ClN2O7S/c1-23(2)31(27,28)14-6-7-15(21)16(11-14)22-19(25)12-30-20(26)9-5-13-4-8-17(24)18(10-13)29-3/h4-11,24H,12H2,1-3H3,(H,22,25)/b9-5+. The van der Waals surface area contributed by atoms with Crippen molar-refractivity contribution in [3.05, 3.63) is 53.1 Å². The number of hydrogen-bond acceptors (Lipinski definition) is 7. The summed E-state index contributed by atoms with van der Waals surface area (Å²) in [6.45, 7) is -0.608. The van der Waals surface area contributed by atoms with Crippen LogP contribution in [-0.2, 0) is 24.3 Å². The molecule has 31 heavy (non-hydrogen) atoms. The lowest BCUT2D eigenvalue weighted by Crippen LogP contribution is -2.23. The van der Waals surface area contributed by atoms with E-state index in [1.807, 2.05) is 0 Å². The van der Waals surface area contributed by atoms with Crippen LogP contribution in [0.3, 0.4) is 0 Å². The Labute approximate surface area is 184 Å². The highest BCUT2D eigenvalue weighted by atomic mass is 35.5. The van der Waals surface area contributed by atoms with Gasteiger partial charge in [-0.3, -0.25) is 4.79 Å². The zero-order chi connectivity index (χ0) is 23.2. The molecule has 0 saturated heterocycles. The maximum absolute atomic E-state index is 12.2. The van der Waals surface area contributed by atoms with Crippen LogP contribution in [0.4, 0.5) is 5.69 Å². The van der Waals surface area contributed by atoms with Gasteiger partial charge in [-0.1, -0.05) is 17.7 Å². The molecule has 0 aromatic heterocycles. The second-order valence-corrected chi connectivity index (χ2v) is 8.91. The molecule has 9 nitrogen and oxygen atoms in total. The van der Waals surface area contributed by atoms with Gasteiger partial charge in [-0.05, 0) is 42.0 Å². The van der Waals surface area contributed by atoms with Crippen molar-refractivity contribution in [1.82, 2.24) is 4.31 Å². The summed E-state index contributed by atoms with van der Waals surface area (Å²) in [6.07, 6.45) is 2.53. The molecular formula is C20H21ClN2O7S. The summed E-state index contributed by atoms with van der Waals surface area (Å²) in [5, 5.41) is 12.1. The fraction of sp³-hybridized carbons (Fsp3) is 0.200. The number of carbonyl (C=O) groups is 2. The van der Waals surface area contributed by atoms with Crippen molar-refractivity contribution in [2.24, 2.45) is 0 Å². The van der Waals surface area contributed by atoms with Crippen LogP contribution in [0.2, 0.25) is 5.02 Å². The van der Waals surface area contributed by atoms with Crippen LogP contribution in [0.1, 0.15) is 5.56 Å². The first-order valence-electron chi connectivity index (χ1n) is 8.78. The fourth-order valence-electron chi connectivity index (χ4n) is 2.30. The summed E-state index contributed by atoms with van der Waals surface area (Å²) in [5.41, 5.74) is 0.638. The number of aromatic hydroxyl groups is 1. The molecule has 0 spiro atoms. The number of esters is 1. The van der Waals surface area contributed by atoms with E-state index in [2.05, 4.69) is 5.32 Å². The summed E-state index contributed by atoms with van der Waals surface area (Å²) in [6, 6.07) is 8.36. The molecule has 0 aliphatic rings. The number of ether oxygens (including phenoxy) is 2. The molecule has 2 rings (SSSR count). The second-order valence-electron chi connectivity index (χ2n) is 6.35. The minimum Gasteiger partial charge on any atom is -0.504 e. The quantitative estimate of drug-likeness (QED) is 0.450. The van der Waals surface area contributed by atoms with Crippen LogP contribution in [0.15, 0.2) is 47.4 Å². The average Bonchev–Trinajstić information content (AvgIpc) is 2.72. The van der Waals surface area contributed by atoms with Gasteiger partial charge in [-0.2, -0.15) is 0 Å². The molecule has 0 unspecified atom stereocenters. The number of nitrogens with zero attached hydrogens (tertiary/aromatic N) is 1. The Kier molecular flexibility index (Phi) is 8.03. The van der Waals surface area contributed by atoms with Gasteiger partial charge in [0.15, 0.2) is 18.1 Å². The molecule has 2 aromatic rings. The fourth-order valence-corrected chi connectivity index (χ4v) is 3.40. The van der Waals surface area contributed by atoms with Gasteiger partial charge in [0.25, 0.3) is 5.91 Å².